The number of carbonyl (C=O) groups excluding carboxylic acids is 1. The molecule has 0 aliphatic carbocycles. The van der Waals surface area contributed by atoms with Crippen molar-refractivity contribution in [2.45, 2.75) is 20.0 Å². The first-order valence-corrected chi connectivity index (χ1v) is 8.33. The summed E-state index contributed by atoms with van der Waals surface area (Å²) in [5.74, 6) is -0.0249. The first-order valence-electron chi connectivity index (χ1n) is 7.54. The Bertz CT molecular complexity index is 820. The summed E-state index contributed by atoms with van der Waals surface area (Å²) in [6, 6.07) is 10.7. The topological polar surface area (TPSA) is 71.3 Å². The fourth-order valence-electron chi connectivity index (χ4n) is 2.03. The van der Waals surface area contributed by atoms with Gasteiger partial charge in [-0.05, 0) is 66.2 Å². The number of nitrogens with zero attached hydrogens (tertiary/aromatic N) is 1. The molecule has 0 saturated carbocycles. The predicted molar refractivity (Wildman–Crippen MR) is 95.1 cm³/mol. The van der Waals surface area contributed by atoms with E-state index in [1.807, 2.05) is 13.0 Å². The van der Waals surface area contributed by atoms with Gasteiger partial charge in [-0.25, -0.2) is 4.39 Å². The van der Waals surface area contributed by atoms with Crippen molar-refractivity contribution in [3.8, 4) is 17.6 Å². The maximum atomic E-state index is 13.1. The fraction of sp³-hybridized carbons (Fsp3) is 0.222. The highest BCUT2D eigenvalue weighted by molar-refractivity contribution is 9.10. The summed E-state index contributed by atoms with van der Waals surface area (Å²) in [5, 5.41) is 11.7. The van der Waals surface area contributed by atoms with Gasteiger partial charge in [0, 0.05) is 0 Å². The highest BCUT2D eigenvalue weighted by Gasteiger charge is 2.18. The molecule has 0 radical (unpaired) electrons. The van der Waals surface area contributed by atoms with E-state index >= 15 is 0 Å². The molecule has 2 aromatic rings. The Morgan fingerprint density at radius 3 is 2.68 bits per heavy atom. The lowest BCUT2D eigenvalue weighted by Crippen LogP contribution is -2.30. The van der Waals surface area contributed by atoms with Crippen molar-refractivity contribution in [2.24, 2.45) is 0 Å². The largest absolute Gasteiger partial charge is 0.492 e. The van der Waals surface area contributed by atoms with Crippen LogP contribution in [0.4, 0.5) is 10.1 Å². The van der Waals surface area contributed by atoms with Gasteiger partial charge in [0.05, 0.1) is 28.4 Å². The van der Waals surface area contributed by atoms with E-state index in [4.69, 9.17) is 14.7 Å². The third-order valence-electron chi connectivity index (χ3n) is 3.23. The van der Waals surface area contributed by atoms with Crippen LogP contribution in [0.2, 0.25) is 0 Å². The van der Waals surface area contributed by atoms with Crippen LogP contribution in [0.5, 0.6) is 11.5 Å². The van der Waals surface area contributed by atoms with E-state index in [1.165, 1.54) is 24.3 Å². The van der Waals surface area contributed by atoms with Crippen LogP contribution in [-0.2, 0) is 4.79 Å². The highest BCUT2D eigenvalue weighted by atomic mass is 79.9. The molecule has 1 unspecified atom stereocenters. The maximum Gasteiger partial charge on any atom is 0.265 e. The van der Waals surface area contributed by atoms with Crippen LogP contribution in [0.15, 0.2) is 40.9 Å². The monoisotopic (exact) mass is 406 g/mol. The fourth-order valence-corrected chi connectivity index (χ4v) is 2.47. The molecule has 0 bridgehead atoms. The summed E-state index contributed by atoms with van der Waals surface area (Å²) < 4.78 is 24.5. The van der Waals surface area contributed by atoms with E-state index in [0.717, 1.165) is 0 Å². The van der Waals surface area contributed by atoms with Gasteiger partial charge in [0.2, 0.25) is 0 Å². The third-order valence-corrected chi connectivity index (χ3v) is 3.85. The molecule has 0 aliphatic heterocycles. The third kappa shape index (κ3) is 4.94. The van der Waals surface area contributed by atoms with Gasteiger partial charge < -0.3 is 14.8 Å². The number of hydrogen-bond donors (Lipinski definition) is 1. The van der Waals surface area contributed by atoms with Crippen LogP contribution in [0, 0.1) is 17.1 Å². The summed E-state index contributed by atoms with van der Waals surface area (Å²) in [7, 11) is 0. The first kappa shape index (κ1) is 18.7. The van der Waals surface area contributed by atoms with Crippen molar-refractivity contribution >= 4 is 27.5 Å². The van der Waals surface area contributed by atoms with Gasteiger partial charge in [-0.1, -0.05) is 0 Å². The minimum Gasteiger partial charge on any atom is -0.492 e. The number of halogens is 2. The van der Waals surface area contributed by atoms with Crippen molar-refractivity contribution in [3.63, 3.8) is 0 Å². The molecule has 130 valence electrons. The van der Waals surface area contributed by atoms with Crippen LogP contribution in [-0.4, -0.2) is 18.6 Å². The Kier molecular flexibility index (Phi) is 6.37. The number of carbonyl (C=O) groups is 1. The molecule has 0 saturated heterocycles. The van der Waals surface area contributed by atoms with Gasteiger partial charge in [-0.3, -0.25) is 4.79 Å². The number of benzene rings is 2. The number of rotatable bonds is 6. The van der Waals surface area contributed by atoms with Gasteiger partial charge in [-0.15, -0.1) is 0 Å². The van der Waals surface area contributed by atoms with Crippen LogP contribution >= 0.6 is 15.9 Å². The zero-order chi connectivity index (χ0) is 18.4. The minimum atomic E-state index is -0.845. The number of nitriles is 1. The van der Waals surface area contributed by atoms with E-state index in [1.54, 1.807) is 19.1 Å². The maximum absolute atomic E-state index is 13.1. The molecule has 0 aliphatic rings. The zero-order valence-electron chi connectivity index (χ0n) is 13.7. The Morgan fingerprint density at radius 2 is 2.04 bits per heavy atom. The summed E-state index contributed by atoms with van der Waals surface area (Å²) >= 11 is 3.19. The molecular weight excluding hydrogens is 391 g/mol. The van der Waals surface area contributed by atoms with Crippen molar-refractivity contribution in [1.82, 2.24) is 0 Å². The standard InChI is InChI=1S/C18H16BrFN2O3/c1-3-24-17-6-4-12(10-21)8-15(17)22-18(23)11(2)25-16-7-5-13(20)9-14(16)19/h4-9,11H,3H2,1-2H3,(H,22,23). The Labute approximate surface area is 153 Å². The molecule has 2 aromatic carbocycles. The summed E-state index contributed by atoms with van der Waals surface area (Å²) in [6.07, 6.45) is -0.845. The van der Waals surface area contributed by atoms with E-state index in [2.05, 4.69) is 21.2 Å². The number of amides is 1. The summed E-state index contributed by atoms with van der Waals surface area (Å²) in [6.45, 7) is 3.81. The second-order valence-electron chi connectivity index (χ2n) is 5.08. The van der Waals surface area contributed by atoms with E-state index in [-0.39, 0.29) is 0 Å². The Balaban J connectivity index is 2.14. The minimum absolute atomic E-state index is 0.347. The lowest BCUT2D eigenvalue weighted by atomic mass is 10.2. The molecule has 1 N–H and O–H groups in total. The number of hydrogen-bond acceptors (Lipinski definition) is 4. The highest BCUT2D eigenvalue weighted by Crippen LogP contribution is 2.28. The average molecular weight is 407 g/mol. The van der Waals surface area contributed by atoms with Crippen molar-refractivity contribution < 1.29 is 18.7 Å². The lowest BCUT2D eigenvalue weighted by Gasteiger charge is -2.17. The van der Waals surface area contributed by atoms with Gasteiger partial charge in [-0.2, -0.15) is 5.26 Å². The number of ether oxygens (including phenoxy) is 2. The Hall–Kier alpha value is -2.59. The Morgan fingerprint density at radius 1 is 1.32 bits per heavy atom. The van der Waals surface area contributed by atoms with Gasteiger partial charge >= 0.3 is 0 Å². The van der Waals surface area contributed by atoms with Crippen LogP contribution in [0.1, 0.15) is 19.4 Å². The molecule has 0 heterocycles. The molecule has 0 aromatic heterocycles. The molecular formula is C18H16BrFN2O3. The average Bonchev–Trinajstić information content (AvgIpc) is 2.58. The SMILES string of the molecule is CCOc1ccc(C#N)cc1NC(=O)C(C)Oc1ccc(F)cc1Br. The lowest BCUT2D eigenvalue weighted by molar-refractivity contribution is -0.122. The molecule has 0 spiro atoms. The van der Waals surface area contributed by atoms with Crippen LogP contribution in [0.25, 0.3) is 0 Å². The second kappa shape index (κ2) is 8.49. The van der Waals surface area contributed by atoms with Crippen molar-refractivity contribution in [1.29, 1.82) is 5.26 Å². The molecule has 2 rings (SSSR count). The molecule has 1 atom stereocenters. The predicted octanol–water partition coefficient (Wildman–Crippen LogP) is 4.26. The smallest absolute Gasteiger partial charge is 0.265 e. The van der Waals surface area contributed by atoms with Crippen molar-refractivity contribution in [3.05, 3.63) is 52.3 Å². The van der Waals surface area contributed by atoms with Gasteiger partial charge in [0.15, 0.2) is 6.10 Å². The number of nitrogens with one attached hydrogen (secondary N) is 1. The van der Waals surface area contributed by atoms with Crippen LogP contribution in [0.3, 0.4) is 0 Å². The molecule has 0 fully saturated rings. The summed E-state index contributed by atoms with van der Waals surface area (Å²) in [5.41, 5.74) is 0.785. The van der Waals surface area contributed by atoms with Gasteiger partial charge in [0.1, 0.15) is 17.3 Å². The van der Waals surface area contributed by atoms with E-state index < -0.39 is 17.8 Å². The first-order chi connectivity index (χ1) is 11.9. The number of anilines is 1. The molecule has 1 amide bonds. The second-order valence-corrected chi connectivity index (χ2v) is 5.93. The van der Waals surface area contributed by atoms with Gasteiger partial charge in [0.25, 0.3) is 5.91 Å². The van der Waals surface area contributed by atoms with Crippen molar-refractivity contribution in [2.75, 3.05) is 11.9 Å². The quantitative estimate of drug-likeness (QED) is 0.777. The normalized spacial score (nSPS) is 11.3. The van der Waals surface area contributed by atoms with Crippen LogP contribution < -0.4 is 14.8 Å². The summed E-state index contributed by atoms with van der Waals surface area (Å²) in [4.78, 5) is 12.4. The molecule has 5 nitrogen and oxygen atoms in total. The molecule has 25 heavy (non-hydrogen) atoms. The zero-order valence-corrected chi connectivity index (χ0v) is 15.3. The molecule has 7 heteroatoms. The van der Waals surface area contributed by atoms with E-state index in [0.29, 0.717) is 33.8 Å². The van der Waals surface area contributed by atoms with E-state index in [9.17, 15) is 9.18 Å².